The van der Waals surface area contributed by atoms with E-state index in [0.29, 0.717) is 29.5 Å². The van der Waals surface area contributed by atoms with Crippen LogP contribution in [0.25, 0.3) is 0 Å². The van der Waals surface area contributed by atoms with E-state index >= 15 is 0 Å². The van der Waals surface area contributed by atoms with Gasteiger partial charge in [0.15, 0.2) is 0 Å². The summed E-state index contributed by atoms with van der Waals surface area (Å²) in [5, 5.41) is 6.20. The zero-order chi connectivity index (χ0) is 19.4. The SMILES string of the molecule is COc1cc(Cl)c(C)cc1NC(=O)NC1CC(=O)N(Cc2ccccc2)C1. The van der Waals surface area contributed by atoms with Gasteiger partial charge in [-0.15, -0.1) is 0 Å². The molecule has 0 bridgehead atoms. The van der Waals surface area contributed by atoms with Crippen LogP contribution in [0.4, 0.5) is 10.5 Å². The van der Waals surface area contributed by atoms with Crippen molar-refractivity contribution in [2.24, 2.45) is 0 Å². The minimum absolute atomic E-state index is 0.0315. The lowest BCUT2D eigenvalue weighted by Crippen LogP contribution is -2.39. The highest BCUT2D eigenvalue weighted by Gasteiger charge is 2.30. The van der Waals surface area contributed by atoms with Crippen LogP contribution >= 0.6 is 11.6 Å². The summed E-state index contributed by atoms with van der Waals surface area (Å²) >= 11 is 6.09. The molecule has 1 fully saturated rings. The Balaban J connectivity index is 1.59. The second kappa shape index (κ2) is 8.31. The first-order chi connectivity index (χ1) is 13.0. The maximum Gasteiger partial charge on any atom is 0.319 e. The molecule has 6 nitrogen and oxygen atoms in total. The highest BCUT2D eigenvalue weighted by atomic mass is 35.5. The van der Waals surface area contributed by atoms with Crippen molar-refractivity contribution in [1.82, 2.24) is 10.2 Å². The molecule has 1 heterocycles. The number of halogens is 1. The molecular weight excluding hydrogens is 366 g/mol. The fourth-order valence-electron chi connectivity index (χ4n) is 3.10. The van der Waals surface area contributed by atoms with Gasteiger partial charge in [-0.2, -0.15) is 0 Å². The number of nitrogens with one attached hydrogen (secondary N) is 2. The molecule has 142 valence electrons. The van der Waals surface area contributed by atoms with Crippen molar-refractivity contribution in [1.29, 1.82) is 0 Å². The fraction of sp³-hybridized carbons (Fsp3) is 0.300. The topological polar surface area (TPSA) is 70.7 Å². The number of hydrogen-bond donors (Lipinski definition) is 2. The highest BCUT2D eigenvalue weighted by Crippen LogP contribution is 2.30. The third kappa shape index (κ3) is 4.71. The molecule has 1 aliphatic rings. The molecule has 0 radical (unpaired) electrons. The molecule has 2 aromatic rings. The number of ether oxygens (including phenoxy) is 1. The van der Waals surface area contributed by atoms with Gasteiger partial charge < -0.3 is 20.3 Å². The Hall–Kier alpha value is -2.73. The first kappa shape index (κ1) is 19.0. The van der Waals surface area contributed by atoms with Gasteiger partial charge in [-0.1, -0.05) is 41.9 Å². The van der Waals surface area contributed by atoms with Crippen molar-refractivity contribution >= 4 is 29.2 Å². The van der Waals surface area contributed by atoms with Gasteiger partial charge in [-0.05, 0) is 24.1 Å². The zero-order valence-corrected chi connectivity index (χ0v) is 16.0. The molecule has 1 aliphatic heterocycles. The number of urea groups is 1. The van der Waals surface area contributed by atoms with E-state index in [9.17, 15) is 9.59 Å². The summed E-state index contributed by atoms with van der Waals surface area (Å²) in [6.45, 7) is 2.88. The van der Waals surface area contributed by atoms with Crippen molar-refractivity contribution in [3.63, 3.8) is 0 Å². The molecule has 7 heteroatoms. The number of nitrogens with zero attached hydrogens (tertiary/aromatic N) is 1. The number of methoxy groups -OCH3 is 1. The first-order valence-corrected chi connectivity index (χ1v) is 9.07. The molecule has 0 aliphatic carbocycles. The van der Waals surface area contributed by atoms with Crippen LogP contribution in [0, 0.1) is 6.92 Å². The van der Waals surface area contributed by atoms with Gasteiger partial charge in [0.2, 0.25) is 5.91 Å². The maximum absolute atomic E-state index is 12.4. The Kier molecular flexibility index (Phi) is 5.86. The van der Waals surface area contributed by atoms with Gasteiger partial charge in [-0.3, -0.25) is 4.79 Å². The molecular formula is C20H22ClN3O3. The summed E-state index contributed by atoms with van der Waals surface area (Å²) in [5.74, 6) is 0.512. The molecule has 3 amide bonds. The molecule has 1 unspecified atom stereocenters. The van der Waals surface area contributed by atoms with Crippen LogP contribution in [0.2, 0.25) is 5.02 Å². The summed E-state index contributed by atoms with van der Waals surface area (Å²) < 4.78 is 5.26. The number of aryl methyl sites for hydroxylation is 1. The van der Waals surface area contributed by atoms with Gasteiger partial charge in [-0.25, -0.2) is 4.79 Å². The summed E-state index contributed by atoms with van der Waals surface area (Å²) in [6, 6.07) is 12.6. The van der Waals surface area contributed by atoms with Gasteiger partial charge in [0.05, 0.1) is 18.8 Å². The van der Waals surface area contributed by atoms with Gasteiger partial charge in [0.1, 0.15) is 5.75 Å². The van der Waals surface area contributed by atoms with E-state index in [2.05, 4.69) is 10.6 Å². The van der Waals surface area contributed by atoms with Gasteiger partial charge in [0.25, 0.3) is 0 Å². The maximum atomic E-state index is 12.4. The largest absolute Gasteiger partial charge is 0.495 e. The Morgan fingerprint density at radius 2 is 2.04 bits per heavy atom. The average molecular weight is 388 g/mol. The summed E-state index contributed by atoms with van der Waals surface area (Å²) in [5.41, 5.74) is 2.43. The Morgan fingerprint density at radius 3 is 2.74 bits per heavy atom. The van der Waals surface area contributed by atoms with Crippen molar-refractivity contribution < 1.29 is 14.3 Å². The summed E-state index contributed by atoms with van der Waals surface area (Å²) in [4.78, 5) is 26.4. The van der Waals surface area contributed by atoms with Gasteiger partial charge in [0, 0.05) is 30.6 Å². The minimum atomic E-state index is -0.380. The normalized spacial score (nSPS) is 16.3. The van der Waals surface area contributed by atoms with E-state index in [1.54, 1.807) is 17.0 Å². The number of anilines is 1. The Bertz CT molecular complexity index is 842. The molecule has 0 spiro atoms. The van der Waals surface area contributed by atoms with Crippen LogP contribution < -0.4 is 15.4 Å². The Labute approximate surface area is 163 Å². The van der Waals surface area contributed by atoms with Crippen LogP contribution in [-0.2, 0) is 11.3 Å². The standard InChI is InChI=1S/C20H22ClN3O3/c1-13-8-17(18(27-2)10-16(13)21)23-20(26)22-15-9-19(25)24(12-15)11-14-6-4-3-5-7-14/h3-8,10,15H,9,11-12H2,1-2H3,(H2,22,23,26). The first-order valence-electron chi connectivity index (χ1n) is 8.69. The van der Waals surface area contributed by atoms with Crippen LogP contribution in [0.3, 0.4) is 0 Å². The summed E-state index contributed by atoms with van der Waals surface area (Å²) in [7, 11) is 1.52. The number of carbonyl (C=O) groups excluding carboxylic acids is 2. The third-order valence-corrected chi connectivity index (χ3v) is 4.90. The number of benzene rings is 2. The summed E-state index contributed by atoms with van der Waals surface area (Å²) in [6.07, 6.45) is 0.289. The Morgan fingerprint density at radius 1 is 1.30 bits per heavy atom. The zero-order valence-electron chi connectivity index (χ0n) is 15.3. The smallest absolute Gasteiger partial charge is 0.319 e. The van der Waals surface area contributed by atoms with E-state index in [1.807, 2.05) is 37.3 Å². The predicted octanol–water partition coefficient (Wildman–Crippen LogP) is 3.58. The van der Waals surface area contributed by atoms with Gasteiger partial charge >= 0.3 is 6.03 Å². The van der Waals surface area contributed by atoms with Crippen molar-refractivity contribution in [3.05, 3.63) is 58.6 Å². The minimum Gasteiger partial charge on any atom is -0.495 e. The van der Waals surface area contributed by atoms with Crippen molar-refractivity contribution in [2.45, 2.75) is 25.9 Å². The quantitative estimate of drug-likeness (QED) is 0.823. The van der Waals surface area contributed by atoms with Crippen LogP contribution in [-0.4, -0.2) is 36.5 Å². The molecule has 0 aromatic heterocycles. The molecule has 1 atom stereocenters. The van der Waals surface area contributed by atoms with Crippen molar-refractivity contribution in [3.8, 4) is 5.75 Å². The predicted molar refractivity (Wildman–Crippen MR) is 105 cm³/mol. The van der Waals surface area contributed by atoms with E-state index in [4.69, 9.17) is 16.3 Å². The van der Waals surface area contributed by atoms with Crippen LogP contribution in [0.1, 0.15) is 17.5 Å². The van der Waals surface area contributed by atoms with Crippen molar-refractivity contribution in [2.75, 3.05) is 19.0 Å². The lowest BCUT2D eigenvalue weighted by molar-refractivity contribution is -0.128. The van der Waals surface area contributed by atoms with E-state index in [0.717, 1.165) is 11.1 Å². The second-order valence-electron chi connectivity index (χ2n) is 6.56. The van der Waals surface area contributed by atoms with E-state index in [1.165, 1.54) is 7.11 Å². The van der Waals surface area contributed by atoms with Crippen LogP contribution in [0.5, 0.6) is 5.75 Å². The lowest BCUT2D eigenvalue weighted by atomic mass is 10.2. The second-order valence-corrected chi connectivity index (χ2v) is 6.97. The molecule has 0 saturated carbocycles. The van der Waals surface area contributed by atoms with E-state index in [-0.39, 0.29) is 24.4 Å². The number of carbonyl (C=O) groups is 2. The molecule has 2 N–H and O–H groups in total. The number of hydrogen-bond acceptors (Lipinski definition) is 3. The van der Waals surface area contributed by atoms with Crippen LogP contribution in [0.15, 0.2) is 42.5 Å². The fourth-order valence-corrected chi connectivity index (χ4v) is 3.25. The monoisotopic (exact) mass is 387 g/mol. The lowest BCUT2D eigenvalue weighted by Gasteiger charge is -2.18. The van der Waals surface area contributed by atoms with E-state index < -0.39 is 0 Å². The molecule has 3 rings (SSSR count). The molecule has 1 saturated heterocycles. The third-order valence-electron chi connectivity index (χ3n) is 4.49. The highest BCUT2D eigenvalue weighted by molar-refractivity contribution is 6.31. The molecule has 2 aromatic carbocycles. The molecule has 27 heavy (non-hydrogen) atoms. The number of likely N-dealkylation sites (tertiary alicyclic amines) is 1. The number of rotatable bonds is 5. The average Bonchev–Trinajstić information content (AvgIpc) is 2.97. The number of amides is 3.